The van der Waals surface area contributed by atoms with E-state index < -0.39 is 0 Å². The summed E-state index contributed by atoms with van der Waals surface area (Å²) in [6.45, 7) is 12.6. The van der Waals surface area contributed by atoms with Crippen LogP contribution in [0, 0.1) is 11.3 Å². The van der Waals surface area contributed by atoms with Crippen molar-refractivity contribution < 1.29 is 4.79 Å². The molecule has 21 heavy (non-hydrogen) atoms. The number of rotatable bonds is 4. The fourth-order valence-corrected chi connectivity index (χ4v) is 3.21. The van der Waals surface area contributed by atoms with Crippen molar-refractivity contribution in [3.63, 3.8) is 0 Å². The molecule has 0 bridgehead atoms. The topological polar surface area (TPSA) is 29.1 Å². The third-order valence-electron chi connectivity index (χ3n) is 4.21. The van der Waals surface area contributed by atoms with Crippen molar-refractivity contribution >= 4 is 5.78 Å². The zero-order valence-electron chi connectivity index (χ0n) is 14.5. The first-order valence-corrected chi connectivity index (χ1v) is 8.41. The second-order valence-electron chi connectivity index (χ2n) is 8.65. The fourth-order valence-electron chi connectivity index (χ4n) is 3.21. The molecule has 126 valence electrons. The van der Waals surface area contributed by atoms with Crippen LogP contribution in [0.2, 0.25) is 0 Å². The van der Waals surface area contributed by atoms with Crippen LogP contribution in [0.3, 0.4) is 0 Å². The molecule has 1 saturated carbocycles. The summed E-state index contributed by atoms with van der Waals surface area (Å²) in [7, 11) is 0. The maximum atomic E-state index is 12.7. The van der Waals surface area contributed by atoms with Crippen molar-refractivity contribution in [2.24, 2.45) is 11.3 Å². The van der Waals surface area contributed by atoms with Crippen molar-refractivity contribution in [3.05, 3.63) is 0 Å². The van der Waals surface area contributed by atoms with Crippen LogP contribution >= 0.6 is 0 Å². The van der Waals surface area contributed by atoms with Crippen LogP contribution in [-0.2, 0) is 4.79 Å². The summed E-state index contributed by atoms with van der Waals surface area (Å²) in [6, 6.07) is 0.0121. The van der Waals surface area contributed by atoms with Gasteiger partial charge in [-0.3, -0.25) is 4.79 Å². The molecular weight excluding hydrogens is 258 g/mol. The highest BCUT2D eigenvalue weighted by molar-refractivity contribution is 5.88. The molecule has 1 aliphatic rings. The van der Waals surface area contributed by atoms with Gasteiger partial charge in [0.25, 0.3) is 0 Å². The summed E-state index contributed by atoms with van der Waals surface area (Å²) in [5.74, 6) is 1.10. The standard InChI is InChI=1S/C18H35NO.CH4/c1-17(2,3)16(20)15(19-18(4,5)6)13-14-11-9-7-8-10-12-14;/h14-15,19H,7-13H2,1-6H3;1H4. The number of carbonyl (C=O) groups is 1. The minimum Gasteiger partial charge on any atom is -0.303 e. The molecule has 1 fully saturated rings. The molecule has 1 rings (SSSR count). The Labute approximate surface area is 133 Å². The summed E-state index contributed by atoms with van der Waals surface area (Å²) in [4.78, 5) is 12.7. The third kappa shape index (κ3) is 7.99. The van der Waals surface area contributed by atoms with E-state index in [0.717, 1.165) is 12.3 Å². The van der Waals surface area contributed by atoms with E-state index in [2.05, 4.69) is 26.1 Å². The first-order valence-electron chi connectivity index (χ1n) is 8.41. The third-order valence-corrected chi connectivity index (χ3v) is 4.21. The first-order chi connectivity index (χ1) is 9.09. The van der Waals surface area contributed by atoms with Crippen LogP contribution in [0.25, 0.3) is 0 Å². The van der Waals surface area contributed by atoms with E-state index >= 15 is 0 Å². The van der Waals surface area contributed by atoms with Crippen molar-refractivity contribution in [3.8, 4) is 0 Å². The number of hydrogen-bond donors (Lipinski definition) is 1. The molecule has 1 N–H and O–H groups in total. The highest BCUT2D eigenvalue weighted by Gasteiger charge is 2.33. The zero-order valence-corrected chi connectivity index (χ0v) is 14.5. The second-order valence-corrected chi connectivity index (χ2v) is 8.65. The Morgan fingerprint density at radius 1 is 1.00 bits per heavy atom. The average Bonchev–Trinajstić information content (AvgIpc) is 2.52. The van der Waals surface area contributed by atoms with Crippen LogP contribution in [0.1, 0.15) is 93.9 Å². The maximum Gasteiger partial charge on any atom is 0.155 e. The highest BCUT2D eigenvalue weighted by Crippen LogP contribution is 2.29. The van der Waals surface area contributed by atoms with Gasteiger partial charge in [0.1, 0.15) is 0 Å². The van der Waals surface area contributed by atoms with Gasteiger partial charge >= 0.3 is 0 Å². The summed E-state index contributed by atoms with van der Waals surface area (Å²) >= 11 is 0. The lowest BCUT2D eigenvalue weighted by atomic mass is 9.81. The summed E-state index contributed by atoms with van der Waals surface area (Å²) in [5, 5.41) is 3.58. The number of Topliss-reactive ketones (excluding diaryl/α,β-unsaturated/α-hetero) is 1. The molecule has 2 heteroatoms. The Morgan fingerprint density at radius 3 is 1.86 bits per heavy atom. The van der Waals surface area contributed by atoms with Gasteiger partial charge in [-0.1, -0.05) is 66.7 Å². The van der Waals surface area contributed by atoms with Crippen molar-refractivity contribution in [2.45, 2.75) is 105 Å². The van der Waals surface area contributed by atoms with E-state index in [1.807, 2.05) is 20.8 Å². The van der Waals surface area contributed by atoms with E-state index in [0.29, 0.717) is 5.78 Å². The Balaban J connectivity index is 0.00000400. The average molecular weight is 298 g/mol. The molecular formula is C19H39NO. The molecule has 1 unspecified atom stereocenters. The van der Waals surface area contributed by atoms with E-state index in [1.165, 1.54) is 38.5 Å². The molecule has 0 heterocycles. The van der Waals surface area contributed by atoms with Crippen LogP contribution in [0.4, 0.5) is 0 Å². The van der Waals surface area contributed by atoms with Gasteiger partial charge in [-0.05, 0) is 33.1 Å². The lowest BCUT2D eigenvalue weighted by Crippen LogP contribution is -2.51. The minimum absolute atomic E-state index is 0. The van der Waals surface area contributed by atoms with Gasteiger partial charge in [-0.25, -0.2) is 0 Å². The molecule has 0 spiro atoms. The van der Waals surface area contributed by atoms with Gasteiger partial charge in [0.2, 0.25) is 0 Å². The SMILES string of the molecule is C.CC(C)(C)NC(CC1CCCCCC1)C(=O)C(C)(C)C. The predicted octanol–water partition coefficient (Wildman–Crippen LogP) is 5.35. The van der Waals surface area contributed by atoms with Gasteiger partial charge in [-0.2, -0.15) is 0 Å². The quantitative estimate of drug-likeness (QED) is 0.708. The molecule has 0 radical (unpaired) electrons. The van der Waals surface area contributed by atoms with Gasteiger partial charge in [-0.15, -0.1) is 0 Å². The molecule has 0 amide bonds. The van der Waals surface area contributed by atoms with E-state index in [9.17, 15) is 4.79 Å². The molecule has 0 aromatic heterocycles. The second kappa shape index (κ2) is 8.31. The van der Waals surface area contributed by atoms with E-state index in [1.54, 1.807) is 0 Å². The summed E-state index contributed by atoms with van der Waals surface area (Å²) < 4.78 is 0. The Kier molecular flexibility index (Phi) is 8.17. The van der Waals surface area contributed by atoms with E-state index in [-0.39, 0.29) is 24.4 Å². The zero-order chi connectivity index (χ0) is 15.4. The van der Waals surface area contributed by atoms with E-state index in [4.69, 9.17) is 0 Å². The molecule has 0 aliphatic heterocycles. The molecule has 0 aromatic carbocycles. The normalized spacial score (nSPS) is 19.5. The van der Waals surface area contributed by atoms with Gasteiger partial charge in [0.05, 0.1) is 6.04 Å². The minimum atomic E-state index is -0.256. The smallest absolute Gasteiger partial charge is 0.155 e. The Morgan fingerprint density at radius 2 is 1.48 bits per heavy atom. The van der Waals surface area contributed by atoms with Crippen molar-refractivity contribution in [2.75, 3.05) is 0 Å². The lowest BCUT2D eigenvalue weighted by Gasteiger charge is -2.33. The van der Waals surface area contributed by atoms with Gasteiger partial charge in [0.15, 0.2) is 5.78 Å². The van der Waals surface area contributed by atoms with Crippen LogP contribution in [0.5, 0.6) is 0 Å². The van der Waals surface area contributed by atoms with Crippen molar-refractivity contribution in [1.29, 1.82) is 0 Å². The Hall–Kier alpha value is -0.370. The number of hydrogen-bond acceptors (Lipinski definition) is 2. The predicted molar refractivity (Wildman–Crippen MR) is 93.7 cm³/mol. The first kappa shape index (κ1) is 20.6. The summed E-state index contributed by atoms with van der Waals surface area (Å²) in [5.41, 5.74) is -0.260. The highest BCUT2D eigenvalue weighted by atomic mass is 16.1. The van der Waals surface area contributed by atoms with Crippen LogP contribution < -0.4 is 5.32 Å². The molecule has 1 aliphatic carbocycles. The molecule has 0 saturated heterocycles. The summed E-state index contributed by atoms with van der Waals surface area (Å²) in [6.07, 6.45) is 9.07. The number of ketones is 1. The molecule has 0 aromatic rings. The molecule has 2 nitrogen and oxygen atoms in total. The van der Waals surface area contributed by atoms with Gasteiger partial charge in [0, 0.05) is 11.0 Å². The van der Waals surface area contributed by atoms with Crippen LogP contribution in [-0.4, -0.2) is 17.4 Å². The maximum absolute atomic E-state index is 12.7. The van der Waals surface area contributed by atoms with Gasteiger partial charge < -0.3 is 5.32 Å². The Bertz CT molecular complexity index is 301. The largest absolute Gasteiger partial charge is 0.303 e. The lowest BCUT2D eigenvalue weighted by molar-refractivity contribution is -0.129. The number of nitrogens with one attached hydrogen (secondary N) is 1. The fraction of sp³-hybridized carbons (Fsp3) is 0.947. The number of carbonyl (C=O) groups excluding carboxylic acids is 1. The monoisotopic (exact) mass is 297 g/mol. The van der Waals surface area contributed by atoms with Crippen molar-refractivity contribution in [1.82, 2.24) is 5.32 Å². The van der Waals surface area contributed by atoms with Crippen LogP contribution in [0.15, 0.2) is 0 Å². The molecule has 1 atom stereocenters.